The molecular formula is C29H32N6O4. The molecule has 0 fully saturated rings. The molecule has 0 saturated carbocycles. The Kier molecular flexibility index (Phi) is 6.61. The topological polar surface area (TPSA) is 137 Å². The maximum atomic E-state index is 12.6. The molecule has 2 aromatic heterocycles. The maximum Gasteiger partial charge on any atom is 0.254 e. The number of nitrogens with zero attached hydrogens (tertiary/aromatic N) is 4. The molecule has 3 heterocycles. The first-order valence-corrected chi connectivity index (χ1v) is 12.7. The molecular weight excluding hydrogens is 496 g/mol. The number of carbonyl (C=O) groups is 1. The van der Waals surface area contributed by atoms with E-state index < -0.39 is 17.2 Å². The van der Waals surface area contributed by atoms with Crippen molar-refractivity contribution in [3.8, 4) is 11.5 Å². The van der Waals surface area contributed by atoms with Gasteiger partial charge in [-0.15, -0.1) is 10.2 Å². The van der Waals surface area contributed by atoms with Gasteiger partial charge in [0.25, 0.3) is 11.8 Å². The Hall–Kier alpha value is -4.28. The zero-order valence-electron chi connectivity index (χ0n) is 22.6. The number of carbonyl (C=O) groups excluding carboxylic acids is 1. The molecule has 10 nitrogen and oxygen atoms in total. The number of anilines is 3. The summed E-state index contributed by atoms with van der Waals surface area (Å²) in [6.45, 7) is 7.00. The molecule has 10 heteroatoms. The lowest BCUT2D eigenvalue weighted by Crippen LogP contribution is -2.35. The molecule has 0 aliphatic carbocycles. The molecule has 5 rings (SSSR count). The Bertz CT molecular complexity index is 1510. The van der Waals surface area contributed by atoms with E-state index in [0.29, 0.717) is 22.6 Å². The van der Waals surface area contributed by atoms with Gasteiger partial charge in [-0.3, -0.25) is 4.79 Å². The number of hydrogen-bond acceptors (Lipinski definition) is 9. The summed E-state index contributed by atoms with van der Waals surface area (Å²) in [4.78, 5) is 18.9. The highest BCUT2D eigenvalue weighted by molar-refractivity contribution is 6.00. The standard InChI is InChI=1S/C29H32N6O4/c1-28(2)21-13-18(11-12-19(21)26(37)35(28)5)31-24-14-22(32-23(16-36)17-9-7-6-8-10-17)20(15-30-24)25-33-34-27(39-25)29(3,4)38/h6-15,23,36,38H,16H2,1-5H3,(H2,30,31,32)/t23-/m1/s1. The summed E-state index contributed by atoms with van der Waals surface area (Å²) in [6.07, 6.45) is 1.60. The summed E-state index contributed by atoms with van der Waals surface area (Å²) in [5, 5.41) is 35.3. The summed E-state index contributed by atoms with van der Waals surface area (Å²) >= 11 is 0. The van der Waals surface area contributed by atoms with Crippen LogP contribution in [-0.2, 0) is 11.1 Å². The van der Waals surface area contributed by atoms with Gasteiger partial charge in [0.2, 0.25) is 5.89 Å². The number of fused-ring (bicyclic) bond motifs is 1. The summed E-state index contributed by atoms with van der Waals surface area (Å²) < 4.78 is 5.78. The van der Waals surface area contributed by atoms with Crippen LogP contribution < -0.4 is 10.6 Å². The third-order valence-electron chi connectivity index (χ3n) is 7.12. The number of aliphatic hydroxyl groups excluding tert-OH is 1. The molecule has 1 aliphatic rings. The Morgan fingerprint density at radius 3 is 2.49 bits per heavy atom. The number of aliphatic hydroxyl groups is 2. The first-order chi connectivity index (χ1) is 18.5. The number of hydrogen-bond donors (Lipinski definition) is 4. The fourth-order valence-corrected chi connectivity index (χ4v) is 4.58. The van der Waals surface area contributed by atoms with Crippen molar-refractivity contribution in [1.82, 2.24) is 20.1 Å². The number of rotatable bonds is 8. The largest absolute Gasteiger partial charge is 0.417 e. The molecule has 1 amide bonds. The fraction of sp³-hybridized carbons (Fsp3) is 0.310. The molecule has 4 N–H and O–H groups in total. The zero-order valence-corrected chi connectivity index (χ0v) is 22.6. The Morgan fingerprint density at radius 1 is 1.08 bits per heavy atom. The van der Waals surface area contributed by atoms with Crippen LogP contribution in [0.25, 0.3) is 11.5 Å². The molecule has 0 spiro atoms. The molecule has 202 valence electrons. The average molecular weight is 529 g/mol. The fourth-order valence-electron chi connectivity index (χ4n) is 4.58. The lowest BCUT2D eigenvalue weighted by Gasteiger charge is -2.28. The first kappa shape index (κ1) is 26.3. The second-order valence-corrected chi connectivity index (χ2v) is 10.7. The van der Waals surface area contributed by atoms with Crippen molar-refractivity contribution >= 4 is 23.1 Å². The Labute approximate surface area is 226 Å². The van der Waals surface area contributed by atoms with E-state index in [1.165, 1.54) is 0 Å². The molecule has 0 unspecified atom stereocenters. The normalized spacial score (nSPS) is 15.3. The maximum absolute atomic E-state index is 12.6. The van der Waals surface area contributed by atoms with Crippen LogP contribution in [0.1, 0.15) is 61.1 Å². The van der Waals surface area contributed by atoms with Gasteiger partial charge in [0.05, 0.1) is 29.4 Å². The summed E-state index contributed by atoms with van der Waals surface area (Å²) in [7, 11) is 1.80. The van der Waals surface area contributed by atoms with Crippen molar-refractivity contribution in [3.05, 3.63) is 83.4 Å². The van der Waals surface area contributed by atoms with E-state index in [4.69, 9.17) is 4.42 Å². The van der Waals surface area contributed by atoms with Crippen molar-refractivity contribution in [2.24, 2.45) is 0 Å². The van der Waals surface area contributed by atoms with Crippen LogP contribution in [-0.4, -0.2) is 49.9 Å². The van der Waals surface area contributed by atoms with Crippen LogP contribution in [0.2, 0.25) is 0 Å². The van der Waals surface area contributed by atoms with Crippen LogP contribution >= 0.6 is 0 Å². The highest BCUT2D eigenvalue weighted by atomic mass is 16.4. The van der Waals surface area contributed by atoms with Crippen molar-refractivity contribution in [2.75, 3.05) is 24.3 Å². The predicted octanol–water partition coefficient (Wildman–Crippen LogP) is 4.57. The molecule has 0 bridgehead atoms. The van der Waals surface area contributed by atoms with Gasteiger partial charge in [-0.05, 0) is 57.0 Å². The number of nitrogens with one attached hydrogen (secondary N) is 2. The van der Waals surface area contributed by atoms with E-state index in [0.717, 1.165) is 16.8 Å². The van der Waals surface area contributed by atoms with Crippen molar-refractivity contribution in [2.45, 2.75) is 44.9 Å². The Balaban J connectivity index is 1.52. The smallest absolute Gasteiger partial charge is 0.254 e. The molecule has 4 aromatic rings. The van der Waals surface area contributed by atoms with E-state index in [9.17, 15) is 15.0 Å². The summed E-state index contributed by atoms with van der Waals surface area (Å²) in [5.74, 6) is 0.784. The van der Waals surface area contributed by atoms with Crippen LogP contribution in [0.4, 0.5) is 17.2 Å². The number of pyridine rings is 1. The van der Waals surface area contributed by atoms with Crippen LogP contribution in [0.3, 0.4) is 0 Å². The lowest BCUT2D eigenvalue weighted by molar-refractivity contribution is 0.0487. The van der Waals surface area contributed by atoms with Gasteiger partial charge in [-0.1, -0.05) is 30.3 Å². The van der Waals surface area contributed by atoms with E-state index in [2.05, 4.69) is 25.8 Å². The molecule has 2 aromatic carbocycles. The molecule has 39 heavy (non-hydrogen) atoms. The van der Waals surface area contributed by atoms with Crippen molar-refractivity contribution in [1.29, 1.82) is 0 Å². The zero-order chi connectivity index (χ0) is 27.9. The monoisotopic (exact) mass is 528 g/mol. The molecule has 0 saturated heterocycles. The second kappa shape index (κ2) is 9.79. The number of aromatic nitrogens is 3. The molecule has 1 atom stereocenters. The number of amides is 1. The van der Waals surface area contributed by atoms with Gasteiger partial charge in [0, 0.05) is 30.6 Å². The minimum Gasteiger partial charge on any atom is -0.417 e. The number of benzene rings is 2. The molecule has 0 radical (unpaired) electrons. The first-order valence-electron chi connectivity index (χ1n) is 12.7. The van der Waals surface area contributed by atoms with Crippen LogP contribution in [0.15, 0.2) is 65.2 Å². The van der Waals surface area contributed by atoms with E-state index in [1.807, 2.05) is 62.4 Å². The second-order valence-electron chi connectivity index (χ2n) is 10.7. The highest BCUT2D eigenvalue weighted by Crippen LogP contribution is 2.39. The minimum atomic E-state index is -1.30. The van der Waals surface area contributed by atoms with E-state index in [-0.39, 0.29) is 24.3 Å². The van der Waals surface area contributed by atoms with Gasteiger partial charge < -0.3 is 30.2 Å². The summed E-state index contributed by atoms with van der Waals surface area (Å²) in [6, 6.07) is 16.6. The average Bonchev–Trinajstić information content (AvgIpc) is 3.47. The summed E-state index contributed by atoms with van der Waals surface area (Å²) in [5.41, 5.74) is 2.67. The van der Waals surface area contributed by atoms with Gasteiger partial charge >= 0.3 is 0 Å². The lowest BCUT2D eigenvalue weighted by atomic mass is 9.93. The van der Waals surface area contributed by atoms with E-state index >= 15 is 0 Å². The van der Waals surface area contributed by atoms with Crippen LogP contribution in [0.5, 0.6) is 0 Å². The Morgan fingerprint density at radius 2 is 1.82 bits per heavy atom. The van der Waals surface area contributed by atoms with Crippen molar-refractivity contribution < 1.29 is 19.4 Å². The van der Waals surface area contributed by atoms with Crippen LogP contribution in [0, 0.1) is 0 Å². The van der Waals surface area contributed by atoms with Gasteiger partial charge in [-0.25, -0.2) is 4.98 Å². The third-order valence-corrected chi connectivity index (χ3v) is 7.12. The SMILES string of the molecule is CN1C(=O)c2ccc(Nc3cc(N[C@H](CO)c4ccccc4)c(-c4nnc(C(C)(C)O)o4)cn3)cc2C1(C)C. The molecule has 1 aliphatic heterocycles. The predicted molar refractivity (Wildman–Crippen MR) is 148 cm³/mol. The van der Waals surface area contributed by atoms with Gasteiger partial charge in [-0.2, -0.15) is 0 Å². The van der Waals surface area contributed by atoms with Crippen molar-refractivity contribution in [3.63, 3.8) is 0 Å². The van der Waals surface area contributed by atoms with E-state index in [1.54, 1.807) is 38.1 Å². The van der Waals surface area contributed by atoms with Gasteiger partial charge in [0.15, 0.2) is 0 Å². The quantitative estimate of drug-likeness (QED) is 0.259. The third kappa shape index (κ3) is 4.96. The minimum absolute atomic E-state index is 0.00328. The van der Waals surface area contributed by atoms with Gasteiger partial charge in [0.1, 0.15) is 11.4 Å². The highest BCUT2D eigenvalue weighted by Gasteiger charge is 2.40.